The Kier molecular flexibility index (Phi) is 3.24. The molecule has 1 heterocycles. The van der Waals surface area contributed by atoms with E-state index in [-0.39, 0.29) is 11.3 Å². The smallest absolute Gasteiger partial charge is 0.229 e. The fraction of sp³-hybridized carbons (Fsp3) is 0.923. The van der Waals surface area contributed by atoms with Crippen molar-refractivity contribution in [2.24, 2.45) is 23.0 Å². The first-order valence-electron chi connectivity index (χ1n) is 6.60. The number of amides is 1. The molecular weight excluding hydrogens is 200 g/mol. The van der Waals surface area contributed by atoms with Crippen molar-refractivity contribution in [3.63, 3.8) is 0 Å². The summed E-state index contributed by atoms with van der Waals surface area (Å²) in [7, 11) is 0. The number of fused-ring (bicyclic) bond motifs is 1. The van der Waals surface area contributed by atoms with E-state index in [1.165, 1.54) is 19.3 Å². The van der Waals surface area contributed by atoms with Crippen LogP contribution in [0.25, 0.3) is 0 Å². The monoisotopic (exact) mass is 224 g/mol. The van der Waals surface area contributed by atoms with Gasteiger partial charge in [-0.2, -0.15) is 0 Å². The highest BCUT2D eigenvalue weighted by Crippen LogP contribution is 2.39. The number of carbonyl (C=O) groups is 1. The lowest BCUT2D eigenvalue weighted by Gasteiger charge is -2.31. The SMILES string of the molecule is CCC(C)(CN)C(=O)N1CC2CCCC2C1. The maximum Gasteiger partial charge on any atom is 0.229 e. The number of hydrogen-bond donors (Lipinski definition) is 1. The molecule has 0 aromatic rings. The number of carbonyl (C=O) groups excluding carboxylic acids is 1. The van der Waals surface area contributed by atoms with Crippen molar-refractivity contribution in [1.82, 2.24) is 4.90 Å². The van der Waals surface area contributed by atoms with E-state index in [1.54, 1.807) is 0 Å². The van der Waals surface area contributed by atoms with Gasteiger partial charge in [0.25, 0.3) is 0 Å². The Bertz CT molecular complexity index is 261. The second-order valence-electron chi connectivity index (χ2n) is 5.78. The third-order valence-electron chi connectivity index (χ3n) is 4.76. The van der Waals surface area contributed by atoms with Gasteiger partial charge < -0.3 is 10.6 Å². The van der Waals surface area contributed by atoms with Crippen LogP contribution in [0.5, 0.6) is 0 Å². The van der Waals surface area contributed by atoms with Crippen molar-refractivity contribution in [3.8, 4) is 0 Å². The maximum atomic E-state index is 12.4. The molecule has 1 aliphatic carbocycles. The van der Waals surface area contributed by atoms with Crippen molar-refractivity contribution in [2.75, 3.05) is 19.6 Å². The summed E-state index contributed by atoms with van der Waals surface area (Å²) in [5.74, 6) is 1.84. The summed E-state index contributed by atoms with van der Waals surface area (Å²) in [6.07, 6.45) is 4.84. The van der Waals surface area contributed by atoms with E-state index in [0.29, 0.717) is 6.54 Å². The summed E-state index contributed by atoms with van der Waals surface area (Å²) in [5, 5.41) is 0. The molecule has 1 saturated carbocycles. The van der Waals surface area contributed by atoms with Crippen LogP contribution in [0.1, 0.15) is 39.5 Å². The van der Waals surface area contributed by atoms with Crippen LogP contribution < -0.4 is 5.73 Å². The van der Waals surface area contributed by atoms with Gasteiger partial charge in [0.15, 0.2) is 0 Å². The van der Waals surface area contributed by atoms with Crippen molar-refractivity contribution >= 4 is 5.91 Å². The highest BCUT2D eigenvalue weighted by Gasteiger charge is 2.42. The largest absolute Gasteiger partial charge is 0.342 e. The van der Waals surface area contributed by atoms with Gasteiger partial charge in [0.1, 0.15) is 0 Å². The highest BCUT2D eigenvalue weighted by molar-refractivity contribution is 5.82. The van der Waals surface area contributed by atoms with Crippen LogP contribution in [-0.2, 0) is 4.79 Å². The van der Waals surface area contributed by atoms with Gasteiger partial charge in [-0.15, -0.1) is 0 Å². The molecule has 3 nitrogen and oxygen atoms in total. The summed E-state index contributed by atoms with van der Waals surface area (Å²) in [6.45, 7) is 6.50. The second-order valence-corrected chi connectivity index (χ2v) is 5.78. The average molecular weight is 224 g/mol. The minimum absolute atomic E-state index is 0.284. The quantitative estimate of drug-likeness (QED) is 0.792. The predicted octanol–water partition coefficient (Wildman–Crippen LogP) is 1.62. The van der Waals surface area contributed by atoms with Crippen LogP contribution in [0.2, 0.25) is 0 Å². The van der Waals surface area contributed by atoms with Gasteiger partial charge in [-0.05, 0) is 38.0 Å². The van der Waals surface area contributed by atoms with E-state index in [9.17, 15) is 4.79 Å². The second kappa shape index (κ2) is 4.36. The molecule has 0 aromatic carbocycles. The zero-order chi connectivity index (χ0) is 11.8. The van der Waals surface area contributed by atoms with Crippen LogP contribution in [-0.4, -0.2) is 30.4 Å². The minimum Gasteiger partial charge on any atom is -0.342 e. The van der Waals surface area contributed by atoms with Gasteiger partial charge in [-0.25, -0.2) is 0 Å². The molecule has 0 radical (unpaired) electrons. The summed E-state index contributed by atoms with van der Waals surface area (Å²) in [4.78, 5) is 14.5. The summed E-state index contributed by atoms with van der Waals surface area (Å²) in [5.41, 5.74) is 5.42. The zero-order valence-electron chi connectivity index (χ0n) is 10.5. The molecule has 1 saturated heterocycles. The van der Waals surface area contributed by atoms with Crippen LogP contribution in [0, 0.1) is 17.3 Å². The number of rotatable bonds is 3. The highest BCUT2D eigenvalue weighted by atomic mass is 16.2. The fourth-order valence-corrected chi connectivity index (χ4v) is 3.17. The molecular formula is C13H24N2O. The van der Waals surface area contributed by atoms with Crippen molar-refractivity contribution in [1.29, 1.82) is 0 Å². The first-order chi connectivity index (χ1) is 7.60. The zero-order valence-corrected chi connectivity index (χ0v) is 10.5. The van der Waals surface area contributed by atoms with E-state index >= 15 is 0 Å². The van der Waals surface area contributed by atoms with Crippen LogP contribution in [0.4, 0.5) is 0 Å². The third kappa shape index (κ3) is 1.86. The number of hydrogen-bond acceptors (Lipinski definition) is 2. The van der Waals surface area contributed by atoms with E-state index in [0.717, 1.165) is 31.3 Å². The van der Waals surface area contributed by atoms with Crippen molar-refractivity contribution in [3.05, 3.63) is 0 Å². The normalized spacial score (nSPS) is 32.6. The average Bonchev–Trinajstić information content (AvgIpc) is 2.87. The van der Waals surface area contributed by atoms with Gasteiger partial charge in [0.2, 0.25) is 5.91 Å². The Hall–Kier alpha value is -0.570. The van der Waals surface area contributed by atoms with Gasteiger partial charge in [-0.1, -0.05) is 13.3 Å². The fourth-order valence-electron chi connectivity index (χ4n) is 3.17. The lowest BCUT2D eigenvalue weighted by Crippen LogP contribution is -2.45. The molecule has 2 rings (SSSR count). The molecule has 16 heavy (non-hydrogen) atoms. The Morgan fingerprint density at radius 3 is 2.38 bits per heavy atom. The van der Waals surface area contributed by atoms with E-state index < -0.39 is 0 Å². The maximum absolute atomic E-state index is 12.4. The van der Waals surface area contributed by atoms with Gasteiger partial charge in [0, 0.05) is 19.6 Å². The molecule has 3 unspecified atom stereocenters. The van der Waals surface area contributed by atoms with E-state index in [2.05, 4.69) is 11.8 Å². The molecule has 0 bridgehead atoms. The standard InChI is InChI=1S/C13H24N2O/c1-3-13(2,9-14)12(16)15-7-10-5-4-6-11(10)8-15/h10-11H,3-9,14H2,1-2H3. The summed E-state index contributed by atoms with van der Waals surface area (Å²) >= 11 is 0. The first kappa shape index (κ1) is 11.9. The number of nitrogens with two attached hydrogens (primary N) is 1. The van der Waals surface area contributed by atoms with Crippen LogP contribution in [0.3, 0.4) is 0 Å². The Balaban J connectivity index is 2.01. The molecule has 2 fully saturated rings. The molecule has 1 aliphatic heterocycles. The molecule has 3 atom stereocenters. The first-order valence-corrected chi connectivity index (χ1v) is 6.60. The third-order valence-corrected chi connectivity index (χ3v) is 4.76. The van der Waals surface area contributed by atoms with Gasteiger partial charge in [0.05, 0.1) is 5.41 Å². The lowest BCUT2D eigenvalue weighted by atomic mass is 9.86. The van der Waals surface area contributed by atoms with Crippen LogP contribution >= 0.6 is 0 Å². The Morgan fingerprint density at radius 2 is 1.94 bits per heavy atom. The predicted molar refractivity (Wildman–Crippen MR) is 64.9 cm³/mol. The topological polar surface area (TPSA) is 46.3 Å². The minimum atomic E-state index is -0.335. The van der Waals surface area contributed by atoms with Gasteiger partial charge >= 0.3 is 0 Å². The Labute approximate surface area is 98.4 Å². The summed E-state index contributed by atoms with van der Waals surface area (Å²) in [6, 6.07) is 0. The van der Waals surface area contributed by atoms with E-state index in [1.807, 2.05) is 6.92 Å². The molecule has 0 aromatic heterocycles. The molecule has 2 N–H and O–H groups in total. The van der Waals surface area contributed by atoms with Gasteiger partial charge in [-0.3, -0.25) is 4.79 Å². The van der Waals surface area contributed by atoms with Crippen LogP contribution in [0.15, 0.2) is 0 Å². The summed E-state index contributed by atoms with van der Waals surface area (Å²) < 4.78 is 0. The molecule has 2 aliphatic rings. The number of likely N-dealkylation sites (tertiary alicyclic amines) is 1. The molecule has 1 amide bonds. The number of nitrogens with zero attached hydrogens (tertiary/aromatic N) is 1. The lowest BCUT2D eigenvalue weighted by molar-refractivity contribution is -0.140. The Morgan fingerprint density at radius 1 is 1.38 bits per heavy atom. The molecule has 3 heteroatoms. The van der Waals surface area contributed by atoms with Crippen molar-refractivity contribution < 1.29 is 4.79 Å². The molecule has 0 spiro atoms. The van der Waals surface area contributed by atoms with E-state index in [4.69, 9.17) is 5.73 Å². The molecule has 92 valence electrons. The van der Waals surface area contributed by atoms with Crippen molar-refractivity contribution in [2.45, 2.75) is 39.5 Å².